The second-order valence-corrected chi connectivity index (χ2v) is 18.7. The van der Waals surface area contributed by atoms with E-state index in [1.807, 2.05) is 11.3 Å². The molecule has 0 saturated heterocycles. The lowest BCUT2D eigenvalue weighted by atomic mass is 9.84. The van der Waals surface area contributed by atoms with Gasteiger partial charge in [0.2, 0.25) is 0 Å². The smallest absolute Gasteiger partial charge is 0.0468 e. The fraction of sp³-hybridized carbons (Fsp3) is 0. The highest BCUT2D eigenvalue weighted by molar-refractivity contribution is 7.25. The number of thiophene rings is 1. The van der Waals surface area contributed by atoms with Gasteiger partial charge in [-0.05, 0) is 149 Å². The van der Waals surface area contributed by atoms with Gasteiger partial charge in [0.25, 0.3) is 0 Å². The zero-order valence-electron chi connectivity index (χ0n) is 37.2. The molecule has 2 heteroatoms. The molecule has 12 aromatic carbocycles. The SMILES string of the molecule is c1ccc(-c2c(-c3ccccc3)c3cc(-c4ccc(N(c5ccc(-c6ccc(-c7ccc8ccccc8c7)cc6)cc5)c5ccc6sc7ccccc7c6c5)cc4)ccc3c3ccccc23)cc1. The second-order valence-electron chi connectivity index (χ2n) is 17.6. The summed E-state index contributed by atoms with van der Waals surface area (Å²) < 4.78 is 2.60. The quantitative estimate of drug-likeness (QED) is 0.137. The van der Waals surface area contributed by atoms with E-state index >= 15 is 0 Å². The van der Waals surface area contributed by atoms with Crippen molar-refractivity contribution in [3.8, 4) is 55.6 Å². The Kier molecular flexibility index (Phi) is 9.77. The van der Waals surface area contributed by atoms with Crippen LogP contribution in [0.5, 0.6) is 0 Å². The Morgan fingerprint density at radius 2 is 0.662 bits per heavy atom. The van der Waals surface area contributed by atoms with Gasteiger partial charge in [-0.2, -0.15) is 0 Å². The molecule has 1 nitrogen and oxygen atoms in total. The molecule has 0 N–H and O–H groups in total. The molecule has 0 atom stereocenters. The molecule has 318 valence electrons. The van der Waals surface area contributed by atoms with Crippen LogP contribution in [0.4, 0.5) is 17.1 Å². The topological polar surface area (TPSA) is 3.24 Å². The van der Waals surface area contributed by atoms with Crippen LogP contribution in [0.15, 0.2) is 261 Å². The normalized spacial score (nSPS) is 11.5. The van der Waals surface area contributed by atoms with E-state index in [9.17, 15) is 0 Å². The summed E-state index contributed by atoms with van der Waals surface area (Å²) in [5.74, 6) is 0. The van der Waals surface area contributed by atoms with Gasteiger partial charge in [-0.25, -0.2) is 0 Å². The second kappa shape index (κ2) is 16.7. The summed E-state index contributed by atoms with van der Waals surface area (Å²) in [7, 11) is 0. The van der Waals surface area contributed by atoms with Crippen LogP contribution in [0.3, 0.4) is 0 Å². The van der Waals surface area contributed by atoms with Crippen LogP contribution in [-0.4, -0.2) is 0 Å². The lowest BCUT2D eigenvalue weighted by molar-refractivity contribution is 1.29. The first kappa shape index (κ1) is 39.8. The zero-order valence-corrected chi connectivity index (χ0v) is 38.0. The molecule has 0 amide bonds. The minimum Gasteiger partial charge on any atom is -0.310 e. The van der Waals surface area contributed by atoms with Crippen LogP contribution >= 0.6 is 11.3 Å². The van der Waals surface area contributed by atoms with Gasteiger partial charge in [0, 0.05) is 37.2 Å². The molecule has 13 rings (SSSR count). The largest absolute Gasteiger partial charge is 0.310 e. The Bertz CT molecular complexity index is 3980. The van der Waals surface area contributed by atoms with Crippen molar-refractivity contribution in [1.82, 2.24) is 0 Å². The summed E-state index contributed by atoms with van der Waals surface area (Å²) in [6.45, 7) is 0. The summed E-state index contributed by atoms with van der Waals surface area (Å²) in [5.41, 5.74) is 15.5. The minimum atomic E-state index is 1.10. The fourth-order valence-electron chi connectivity index (χ4n) is 10.3. The Morgan fingerprint density at radius 1 is 0.221 bits per heavy atom. The maximum atomic E-state index is 2.41. The molecule has 0 aliphatic rings. The van der Waals surface area contributed by atoms with E-state index in [4.69, 9.17) is 0 Å². The molecule has 0 aliphatic heterocycles. The van der Waals surface area contributed by atoms with Gasteiger partial charge in [-0.3, -0.25) is 0 Å². The number of anilines is 3. The van der Waals surface area contributed by atoms with Crippen molar-refractivity contribution in [3.05, 3.63) is 261 Å². The van der Waals surface area contributed by atoms with Gasteiger partial charge in [0.05, 0.1) is 0 Å². The van der Waals surface area contributed by atoms with Crippen LogP contribution in [-0.2, 0) is 0 Å². The van der Waals surface area contributed by atoms with Crippen molar-refractivity contribution in [3.63, 3.8) is 0 Å². The minimum absolute atomic E-state index is 1.10. The molecule has 13 aromatic rings. The predicted molar refractivity (Wildman–Crippen MR) is 294 cm³/mol. The van der Waals surface area contributed by atoms with Gasteiger partial charge < -0.3 is 4.90 Å². The lowest BCUT2D eigenvalue weighted by Gasteiger charge is -2.26. The standard InChI is InChI=1S/C66H43NS/c1-3-14-49(15-4-1)65-60-21-10-9-19-57(60)58-39-33-53(42-62(58)66(65)50-16-5-2-6-17-50)48-31-36-55(37-32-48)67(56-38-40-64-61(43-56)59-20-11-12-22-63(59)68-64)54-34-29-46(30-35-54)45-23-25-47(26-24-45)52-28-27-44-13-7-8-18-51(44)41-52/h1-43H. The van der Waals surface area contributed by atoms with Gasteiger partial charge in [0.15, 0.2) is 0 Å². The lowest BCUT2D eigenvalue weighted by Crippen LogP contribution is -2.09. The van der Waals surface area contributed by atoms with Gasteiger partial charge in [0.1, 0.15) is 0 Å². The van der Waals surface area contributed by atoms with E-state index < -0.39 is 0 Å². The molecule has 0 bridgehead atoms. The van der Waals surface area contributed by atoms with E-state index in [0.717, 1.165) is 17.1 Å². The highest BCUT2D eigenvalue weighted by atomic mass is 32.1. The molecule has 0 unspecified atom stereocenters. The van der Waals surface area contributed by atoms with E-state index in [2.05, 4.69) is 266 Å². The molecule has 68 heavy (non-hydrogen) atoms. The summed E-state index contributed by atoms with van der Waals surface area (Å²) in [6.07, 6.45) is 0. The van der Waals surface area contributed by atoms with Crippen LogP contribution in [0.2, 0.25) is 0 Å². The highest BCUT2D eigenvalue weighted by Gasteiger charge is 2.20. The van der Waals surface area contributed by atoms with Crippen LogP contribution in [0.25, 0.3) is 108 Å². The van der Waals surface area contributed by atoms with E-state index in [1.54, 1.807) is 0 Å². The van der Waals surface area contributed by atoms with Gasteiger partial charge in [-0.1, -0.05) is 200 Å². The maximum absolute atomic E-state index is 2.41. The maximum Gasteiger partial charge on any atom is 0.0468 e. The Hall–Kier alpha value is -8.56. The predicted octanol–water partition coefficient (Wildman–Crippen LogP) is 19.3. The Balaban J connectivity index is 0.899. The molecule has 1 heterocycles. The molecule has 0 spiro atoms. The Labute approximate surface area is 400 Å². The van der Waals surface area contributed by atoms with E-state index in [0.29, 0.717) is 0 Å². The van der Waals surface area contributed by atoms with Crippen molar-refractivity contribution < 1.29 is 0 Å². The van der Waals surface area contributed by atoms with Gasteiger partial charge in [-0.15, -0.1) is 11.3 Å². The molecule has 0 fully saturated rings. The first-order valence-electron chi connectivity index (χ1n) is 23.3. The van der Waals surface area contributed by atoms with Crippen molar-refractivity contribution in [2.75, 3.05) is 4.90 Å². The number of benzene rings is 12. The molecule has 0 aliphatic carbocycles. The van der Waals surface area contributed by atoms with Crippen LogP contribution in [0, 0.1) is 0 Å². The van der Waals surface area contributed by atoms with E-state index in [1.165, 1.54) is 108 Å². The van der Waals surface area contributed by atoms with Gasteiger partial charge >= 0.3 is 0 Å². The third kappa shape index (κ3) is 7.02. The first-order chi connectivity index (χ1) is 33.7. The number of rotatable bonds is 8. The van der Waals surface area contributed by atoms with Crippen molar-refractivity contribution >= 4 is 80.9 Å². The first-order valence-corrected chi connectivity index (χ1v) is 24.1. The van der Waals surface area contributed by atoms with Crippen molar-refractivity contribution in [2.45, 2.75) is 0 Å². The third-order valence-corrected chi connectivity index (χ3v) is 14.8. The summed E-state index contributed by atoms with van der Waals surface area (Å²) in [6, 6.07) is 95.7. The average Bonchev–Trinajstić information content (AvgIpc) is 3.79. The molecular formula is C66H43NS. The zero-order chi connectivity index (χ0) is 45.0. The van der Waals surface area contributed by atoms with Crippen molar-refractivity contribution in [1.29, 1.82) is 0 Å². The number of hydrogen-bond acceptors (Lipinski definition) is 2. The summed E-state index contributed by atoms with van der Waals surface area (Å²) >= 11 is 1.85. The molecule has 0 saturated carbocycles. The highest BCUT2D eigenvalue weighted by Crippen LogP contribution is 2.46. The molecule has 1 aromatic heterocycles. The molecule has 0 radical (unpaired) electrons. The fourth-order valence-corrected chi connectivity index (χ4v) is 11.4. The number of hydrogen-bond donors (Lipinski definition) is 0. The monoisotopic (exact) mass is 881 g/mol. The van der Waals surface area contributed by atoms with E-state index in [-0.39, 0.29) is 0 Å². The third-order valence-electron chi connectivity index (χ3n) is 13.7. The number of nitrogens with zero attached hydrogens (tertiary/aromatic N) is 1. The van der Waals surface area contributed by atoms with Crippen molar-refractivity contribution in [2.24, 2.45) is 0 Å². The summed E-state index contributed by atoms with van der Waals surface area (Å²) in [5, 5.41) is 10.1. The summed E-state index contributed by atoms with van der Waals surface area (Å²) in [4.78, 5) is 2.40. The van der Waals surface area contributed by atoms with Crippen LogP contribution in [0.1, 0.15) is 0 Å². The number of fused-ring (bicyclic) bond motifs is 7. The van der Waals surface area contributed by atoms with Crippen LogP contribution < -0.4 is 4.90 Å². The average molecular weight is 882 g/mol. The Morgan fingerprint density at radius 3 is 1.32 bits per heavy atom. The molecular weight excluding hydrogens is 839 g/mol.